The quantitative estimate of drug-likeness (QED) is 0.831. The van der Waals surface area contributed by atoms with E-state index in [4.69, 9.17) is 23.2 Å². The maximum Gasteiger partial charge on any atom is 0.218 e. The molecule has 0 bridgehead atoms. The molecule has 2 rings (SSSR count). The average molecular weight is 322 g/mol. The van der Waals surface area contributed by atoms with E-state index in [2.05, 4.69) is 0 Å². The Balaban J connectivity index is 2.15. The summed E-state index contributed by atoms with van der Waals surface area (Å²) in [5, 5.41) is 0.909. The lowest BCUT2D eigenvalue weighted by molar-refractivity contribution is 0.356. The van der Waals surface area contributed by atoms with E-state index in [-0.39, 0.29) is 11.8 Å². The number of hydrogen-bond acceptors (Lipinski definition) is 2. The second kappa shape index (κ2) is 5.60. The van der Waals surface area contributed by atoms with Crippen molar-refractivity contribution in [2.24, 2.45) is 5.92 Å². The zero-order valence-electron chi connectivity index (χ0n) is 10.9. The fourth-order valence-electron chi connectivity index (χ4n) is 2.14. The summed E-state index contributed by atoms with van der Waals surface area (Å²) in [4.78, 5) is 0. The predicted octanol–water partition coefficient (Wildman–Crippen LogP) is 3.55. The second-order valence-corrected chi connectivity index (χ2v) is 8.03. The van der Waals surface area contributed by atoms with Crippen molar-refractivity contribution >= 4 is 33.2 Å². The number of rotatable bonds is 5. The molecule has 0 aliphatic heterocycles. The van der Waals surface area contributed by atoms with Gasteiger partial charge in [-0.2, -0.15) is 0 Å². The summed E-state index contributed by atoms with van der Waals surface area (Å²) in [6.45, 7) is 1.96. The van der Waals surface area contributed by atoms with Gasteiger partial charge >= 0.3 is 0 Å². The molecular formula is C13H17Cl2NO2S. The predicted molar refractivity (Wildman–Crippen MR) is 79.0 cm³/mol. The van der Waals surface area contributed by atoms with Crippen molar-refractivity contribution in [3.05, 3.63) is 33.8 Å². The molecule has 0 radical (unpaired) electrons. The molecular weight excluding hydrogens is 305 g/mol. The van der Waals surface area contributed by atoms with E-state index >= 15 is 0 Å². The summed E-state index contributed by atoms with van der Waals surface area (Å²) in [7, 11) is -1.69. The zero-order chi connectivity index (χ0) is 14.2. The SMILES string of the molecule is C[C@H](C1CC1)N(C)S(=O)(=O)Cc1cc(Cl)cc(Cl)c1. The van der Waals surface area contributed by atoms with Crippen molar-refractivity contribution in [1.29, 1.82) is 0 Å². The first kappa shape index (κ1) is 15.1. The molecule has 1 atom stereocenters. The summed E-state index contributed by atoms with van der Waals surface area (Å²) in [6, 6.07) is 4.93. The number of halogens is 2. The Morgan fingerprint density at radius 3 is 2.26 bits per heavy atom. The molecule has 0 aromatic heterocycles. The first-order valence-electron chi connectivity index (χ1n) is 6.20. The highest BCUT2D eigenvalue weighted by Gasteiger charge is 2.35. The van der Waals surface area contributed by atoms with E-state index in [1.165, 1.54) is 4.31 Å². The minimum absolute atomic E-state index is 0.0552. The standard InChI is InChI=1S/C13H17Cl2NO2S/c1-9(11-3-4-11)16(2)19(17,18)8-10-5-12(14)7-13(15)6-10/h5-7,9,11H,3-4,8H2,1-2H3/t9-/m1/s1. The van der Waals surface area contributed by atoms with Gasteiger partial charge in [-0.15, -0.1) is 0 Å². The summed E-state index contributed by atoms with van der Waals surface area (Å²) in [5.74, 6) is 0.434. The molecule has 0 unspecified atom stereocenters. The van der Waals surface area contributed by atoms with Crippen LogP contribution in [-0.2, 0) is 15.8 Å². The van der Waals surface area contributed by atoms with Gasteiger partial charge in [-0.25, -0.2) is 12.7 Å². The monoisotopic (exact) mass is 321 g/mol. The highest BCUT2D eigenvalue weighted by molar-refractivity contribution is 7.88. The Kier molecular flexibility index (Phi) is 4.45. The van der Waals surface area contributed by atoms with Gasteiger partial charge in [0.05, 0.1) is 5.75 Å². The lowest BCUT2D eigenvalue weighted by Gasteiger charge is -2.24. The molecule has 3 nitrogen and oxygen atoms in total. The Labute approximate surface area is 124 Å². The van der Waals surface area contributed by atoms with Crippen LogP contribution >= 0.6 is 23.2 Å². The van der Waals surface area contributed by atoms with Gasteiger partial charge in [0.15, 0.2) is 0 Å². The van der Waals surface area contributed by atoms with Crippen molar-refractivity contribution in [1.82, 2.24) is 4.31 Å². The Morgan fingerprint density at radius 2 is 1.79 bits per heavy atom. The van der Waals surface area contributed by atoms with E-state index in [1.54, 1.807) is 25.2 Å². The Hall–Kier alpha value is -0.290. The minimum Gasteiger partial charge on any atom is -0.212 e. The molecule has 1 aliphatic carbocycles. The topological polar surface area (TPSA) is 37.4 Å². The lowest BCUT2D eigenvalue weighted by Crippen LogP contribution is -2.37. The Morgan fingerprint density at radius 1 is 1.26 bits per heavy atom. The van der Waals surface area contributed by atoms with Gasteiger partial charge in [-0.1, -0.05) is 23.2 Å². The first-order chi connectivity index (χ1) is 8.79. The van der Waals surface area contributed by atoms with Crippen LogP contribution in [0.25, 0.3) is 0 Å². The highest BCUT2D eigenvalue weighted by Crippen LogP contribution is 2.36. The molecule has 1 saturated carbocycles. The van der Waals surface area contributed by atoms with Gasteiger partial charge in [-0.3, -0.25) is 0 Å². The maximum atomic E-state index is 12.3. The molecule has 0 saturated heterocycles. The van der Waals surface area contributed by atoms with Crippen LogP contribution in [0.4, 0.5) is 0 Å². The van der Waals surface area contributed by atoms with Gasteiger partial charge in [0.25, 0.3) is 0 Å². The summed E-state index contributed by atoms with van der Waals surface area (Å²) < 4.78 is 26.1. The molecule has 1 aromatic carbocycles. The Bertz CT molecular complexity index is 550. The summed E-state index contributed by atoms with van der Waals surface area (Å²) >= 11 is 11.8. The van der Waals surface area contributed by atoms with Crippen molar-refractivity contribution in [2.45, 2.75) is 31.6 Å². The number of hydrogen-bond donors (Lipinski definition) is 0. The largest absolute Gasteiger partial charge is 0.218 e. The fraction of sp³-hybridized carbons (Fsp3) is 0.538. The fourth-order valence-corrected chi connectivity index (χ4v) is 4.18. The molecule has 1 fully saturated rings. The molecule has 0 N–H and O–H groups in total. The van der Waals surface area contributed by atoms with E-state index < -0.39 is 10.0 Å². The average Bonchev–Trinajstić information content (AvgIpc) is 3.08. The van der Waals surface area contributed by atoms with Crippen LogP contribution in [0.5, 0.6) is 0 Å². The third-order valence-electron chi connectivity index (χ3n) is 3.59. The van der Waals surface area contributed by atoms with Crippen LogP contribution in [0, 0.1) is 5.92 Å². The number of benzene rings is 1. The van der Waals surface area contributed by atoms with Gasteiger partial charge < -0.3 is 0 Å². The number of sulfonamides is 1. The van der Waals surface area contributed by atoms with Crippen molar-refractivity contribution in [3.63, 3.8) is 0 Å². The highest BCUT2D eigenvalue weighted by atomic mass is 35.5. The molecule has 0 spiro atoms. The molecule has 19 heavy (non-hydrogen) atoms. The van der Waals surface area contributed by atoms with Crippen LogP contribution in [0.3, 0.4) is 0 Å². The third-order valence-corrected chi connectivity index (χ3v) is 5.93. The number of nitrogens with zero attached hydrogens (tertiary/aromatic N) is 1. The molecule has 106 valence electrons. The maximum absolute atomic E-state index is 12.3. The smallest absolute Gasteiger partial charge is 0.212 e. The van der Waals surface area contributed by atoms with Crippen molar-refractivity contribution in [3.8, 4) is 0 Å². The van der Waals surface area contributed by atoms with E-state index in [9.17, 15) is 8.42 Å². The van der Waals surface area contributed by atoms with Crippen LogP contribution in [0.2, 0.25) is 10.0 Å². The van der Waals surface area contributed by atoms with E-state index in [0.717, 1.165) is 12.8 Å². The first-order valence-corrected chi connectivity index (χ1v) is 8.57. The summed E-state index contributed by atoms with van der Waals surface area (Å²) in [6.07, 6.45) is 2.23. The van der Waals surface area contributed by atoms with Crippen LogP contribution in [-0.4, -0.2) is 25.8 Å². The van der Waals surface area contributed by atoms with Crippen LogP contribution in [0.15, 0.2) is 18.2 Å². The van der Waals surface area contributed by atoms with Crippen LogP contribution < -0.4 is 0 Å². The van der Waals surface area contributed by atoms with Gasteiger partial charge in [0.2, 0.25) is 10.0 Å². The van der Waals surface area contributed by atoms with Gasteiger partial charge in [-0.05, 0) is 49.4 Å². The summed E-state index contributed by atoms with van der Waals surface area (Å²) in [5.41, 5.74) is 0.618. The minimum atomic E-state index is -3.34. The second-order valence-electron chi connectivity index (χ2n) is 5.13. The van der Waals surface area contributed by atoms with E-state index in [1.807, 2.05) is 6.92 Å². The molecule has 1 aliphatic rings. The molecule has 1 aromatic rings. The van der Waals surface area contributed by atoms with Crippen molar-refractivity contribution < 1.29 is 8.42 Å². The van der Waals surface area contributed by atoms with E-state index in [0.29, 0.717) is 21.5 Å². The van der Waals surface area contributed by atoms with Gasteiger partial charge in [0.1, 0.15) is 0 Å². The molecule has 0 heterocycles. The van der Waals surface area contributed by atoms with Crippen molar-refractivity contribution in [2.75, 3.05) is 7.05 Å². The third kappa shape index (κ3) is 3.85. The normalized spacial score (nSPS) is 17.7. The molecule has 0 amide bonds. The molecule has 6 heteroatoms. The van der Waals surface area contributed by atoms with Crippen LogP contribution in [0.1, 0.15) is 25.3 Å². The van der Waals surface area contributed by atoms with Gasteiger partial charge in [0, 0.05) is 23.1 Å². The lowest BCUT2D eigenvalue weighted by atomic mass is 10.2. The zero-order valence-corrected chi connectivity index (χ0v) is 13.3.